The van der Waals surface area contributed by atoms with Crippen LogP contribution in [0.1, 0.15) is 30.8 Å². The van der Waals surface area contributed by atoms with Gasteiger partial charge in [0.05, 0.1) is 5.69 Å². The van der Waals surface area contributed by atoms with E-state index in [1.165, 1.54) is 0 Å². The van der Waals surface area contributed by atoms with E-state index in [0.29, 0.717) is 18.8 Å². The molecule has 2 aromatic carbocycles. The SMILES string of the molecule is CCc1ccccc1-n1c(CC)nc(NNCc2ccccc2)nc1=O. The number of para-hydroxylation sites is 1. The minimum atomic E-state index is -0.332. The van der Waals surface area contributed by atoms with Crippen molar-refractivity contribution in [3.63, 3.8) is 0 Å². The van der Waals surface area contributed by atoms with Crippen molar-refractivity contribution in [3.05, 3.63) is 82.0 Å². The summed E-state index contributed by atoms with van der Waals surface area (Å²) in [4.78, 5) is 21.3. The van der Waals surface area contributed by atoms with Crippen LogP contribution in [0.5, 0.6) is 0 Å². The second kappa shape index (κ2) is 8.40. The first-order valence-electron chi connectivity index (χ1n) is 8.84. The number of hydrazine groups is 1. The predicted octanol–water partition coefficient (Wildman–Crippen LogP) is 2.87. The summed E-state index contributed by atoms with van der Waals surface area (Å²) in [5.74, 6) is 0.961. The molecule has 6 heteroatoms. The molecule has 0 saturated heterocycles. The molecule has 0 atom stereocenters. The van der Waals surface area contributed by atoms with Gasteiger partial charge in [-0.05, 0) is 23.6 Å². The number of nitrogens with zero attached hydrogens (tertiary/aromatic N) is 3. The number of benzene rings is 2. The van der Waals surface area contributed by atoms with Crippen LogP contribution < -0.4 is 16.5 Å². The molecule has 0 aliphatic heterocycles. The van der Waals surface area contributed by atoms with Gasteiger partial charge in [0.2, 0.25) is 5.95 Å². The Labute approximate surface area is 152 Å². The molecule has 3 rings (SSSR count). The molecule has 1 heterocycles. The molecule has 1 aromatic heterocycles. The highest BCUT2D eigenvalue weighted by Crippen LogP contribution is 2.15. The molecule has 0 radical (unpaired) electrons. The summed E-state index contributed by atoms with van der Waals surface area (Å²) in [6.07, 6.45) is 1.47. The fraction of sp³-hybridized carbons (Fsp3) is 0.250. The van der Waals surface area contributed by atoms with Crippen LogP contribution in [0, 0.1) is 0 Å². The molecule has 134 valence electrons. The first kappa shape index (κ1) is 17.8. The van der Waals surface area contributed by atoms with Gasteiger partial charge in [0.25, 0.3) is 0 Å². The maximum atomic E-state index is 12.7. The summed E-state index contributed by atoms with van der Waals surface area (Å²) in [5, 5.41) is 0. The van der Waals surface area contributed by atoms with Gasteiger partial charge in [-0.25, -0.2) is 14.8 Å². The minimum Gasteiger partial charge on any atom is -0.289 e. The molecule has 2 N–H and O–H groups in total. The monoisotopic (exact) mass is 349 g/mol. The van der Waals surface area contributed by atoms with Gasteiger partial charge in [-0.1, -0.05) is 62.4 Å². The van der Waals surface area contributed by atoms with Crippen LogP contribution in [0.4, 0.5) is 5.95 Å². The quantitative estimate of drug-likeness (QED) is 0.642. The lowest BCUT2D eigenvalue weighted by Gasteiger charge is -2.15. The molecule has 0 aliphatic carbocycles. The van der Waals surface area contributed by atoms with Crippen molar-refractivity contribution in [1.29, 1.82) is 0 Å². The Hall–Kier alpha value is -2.99. The van der Waals surface area contributed by atoms with Crippen LogP contribution in [0.2, 0.25) is 0 Å². The number of hydrogen-bond acceptors (Lipinski definition) is 5. The number of aromatic nitrogens is 3. The summed E-state index contributed by atoms with van der Waals surface area (Å²) in [6, 6.07) is 17.8. The maximum absolute atomic E-state index is 12.7. The highest BCUT2D eigenvalue weighted by Gasteiger charge is 2.13. The van der Waals surface area contributed by atoms with Crippen molar-refractivity contribution >= 4 is 5.95 Å². The second-order valence-corrected chi connectivity index (χ2v) is 5.88. The third-order valence-electron chi connectivity index (χ3n) is 4.15. The van der Waals surface area contributed by atoms with Crippen molar-refractivity contribution in [3.8, 4) is 5.69 Å². The molecule has 0 unspecified atom stereocenters. The standard InChI is InChI=1S/C20H23N5O/c1-3-16-12-8-9-13-17(16)25-18(4-2)22-19(23-20(25)26)24-21-14-15-10-6-5-7-11-15/h5-13,21H,3-4,14H2,1-2H3,(H,23,24,26). The smallest absolute Gasteiger partial charge is 0.289 e. The van der Waals surface area contributed by atoms with Gasteiger partial charge >= 0.3 is 5.69 Å². The summed E-state index contributed by atoms with van der Waals surface area (Å²) in [7, 11) is 0. The van der Waals surface area contributed by atoms with Gasteiger partial charge in [-0.2, -0.15) is 9.97 Å². The average Bonchev–Trinajstić information content (AvgIpc) is 2.68. The van der Waals surface area contributed by atoms with E-state index in [4.69, 9.17) is 0 Å². The molecule has 0 saturated carbocycles. The molecule has 3 aromatic rings. The lowest BCUT2D eigenvalue weighted by molar-refractivity contribution is 0.732. The van der Waals surface area contributed by atoms with Crippen molar-refractivity contribution in [2.24, 2.45) is 0 Å². The summed E-state index contributed by atoms with van der Waals surface area (Å²) in [5.41, 5.74) is 8.72. The largest absolute Gasteiger partial charge is 0.356 e. The lowest BCUT2D eigenvalue weighted by Crippen LogP contribution is -2.31. The number of aryl methyl sites for hydroxylation is 2. The Morgan fingerprint density at radius 3 is 2.38 bits per heavy atom. The summed E-state index contributed by atoms with van der Waals surface area (Å²) in [6.45, 7) is 4.65. The van der Waals surface area contributed by atoms with Crippen LogP contribution in [-0.2, 0) is 19.4 Å². The molecule has 0 fully saturated rings. The van der Waals surface area contributed by atoms with Crippen molar-refractivity contribution in [1.82, 2.24) is 20.0 Å². The Balaban J connectivity index is 1.84. The van der Waals surface area contributed by atoms with Crippen molar-refractivity contribution < 1.29 is 0 Å². The van der Waals surface area contributed by atoms with Crippen LogP contribution in [0.15, 0.2) is 59.4 Å². The van der Waals surface area contributed by atoms with E-state index in [1.807, 2.05) is 61.5 Å². The molecule has 0 aliphatic rings. The number of hydrogen-bond donors (Lipinski definition) is 2. The number of nitrogens with one attached hydrogen (secondary N) is 2. The Bertz CT molecular complexity index is 921. The zero-order valence-corrected chi connectivity index (χ0v) is 15.1. The van der Waals surface area contributed by atoms with Crippen LogP contribution in [0.25, 0.3) is 5.69 Å². The minimum absolute atomic E-state index is 0.285. The molecule has 0 bridgehead atoms. The van der Waals surface area contributed by atoms with E-state index < -0.39 is 0 Å². The van der Waals surface area contributed by atoms with Gasteiger partial charge in [0.1, 0.15) is 5.82 Å². The molecular formula is C20H23N5O. The molecular weight excluding hydrogens is 326 g/mol. The highest BCUT2D eigenvalue weighted by molar-refractivity contribution is 5.42. The van der Waals surface area contributed by atoms with Gasteiger partial charge in [0, 0.05) is 13.0 Å². The van der Waals surface area contributed by atoms with Gasteiger partial charge < -0.3 is 0 Å². The predicted molar refractivity (Wildman–Crippen MR) is 103 cm³/mol. The summed E-state index contributed by atoms with van der Waals surface area (Å²) >= 11 is 0. The topological polar surface area (TPSA) is 71.8 Å². The maximum Gasteiger partial charge on any atom is 0.356 e. The second-order valence-electron chi connectivity index (χ2n) is 5.88. The van der Waals surface area contributed by atoms with E-state index in [1.54, 1.807) is 4.57 Å². The van der Waals surface area contributed by atoms with E-state index in [-0.39, 0.29) is 11.6 Å². The van der Waals surface area contributed by atoms with Crippen LogP contribution >= 0.6 is 0 Å². The number of rotatable bonds is 7. The van der Waals surface area contributed by atoms with E-state index in [2.05, 4.69) is 27.7 Å². The fourth-order valence-corrected chi connectivity index (χ4v) is 2.83. The van der Waals surface area contributed by atoms with E-state index in [0.717, 1.165) is 23.2 Å². The van der Waals surface area contributed by atoms with Crippen LogP contribution in [0.3, 0.4) is 0 Å². The van der Waals surface area contributed by atoms with E-state index in [9.17, 15) is 4.79 Å². The van der Waals surface area contributed by atoms with Crippen molar-refractivity contribution in [2.75, 3.05) is 5.43 Å². The van der Waals surface area contributed by atoms with E-state index >= 15 is 0 Å². The summed E-state index contributed by atoms with van der Waals surface area (Å²) < 4.78 is 1.60. The third kappa shape index (κ3) is 3.97. The van der Waals surface area contributed by atoms with Gasteiger partial charge in [0.15, 0.2) is 0 Å². The third-order valence-corrected chi connectivity index (χ3v) is 4.15. The van der Waals surface area contributed by atoms with Gasteiger partial charge in [-0.3, -0.25) is 5.43 Å². The Morgan fingerprint density at radius 2 is 1.65 bits per heavy atom. The Morgan fingerprint density at radius 1 is 0.923 bits per heavy atom. The van der Waals surface area contributed by atoms with Gasteiger partial charge in [-0.15, -0.1) is 0 Å². The molecule has 0 amide bonds. The van der Waals surface area contributed by atoms with Crippen molar-refractivity contribution in [2.45, 2.75) is 33.2 Å². The normalized spacial score (nSPS) is 10.7. The first-order chi connectivity index (χ1) is 12.7. The molecule has 26 heavy (non-hydrogen) atoms. The Kier molecular flexibility index (Phi) is 5.76. The zero-order chi connectivity index (χ0) is 18.4. The zero-order valence-electron chi connectivity index (χ0n) is 15.1. The lowest BCUT2D eigenvalue weighted by atomic mass is 10.1. The fourth-order valence-electron chi connectivity index (χ4n) is 2.83. The van der Waals surface area contributed by atoms with Crippen LogP contribution in [-0.4, -0.2) is 14.5 Å². The molecule has 0 spiro atoms. The first-order valence-corrected chi connectivity index (χ1v) is 8.84. The molecule has 6 nitrogen and oxygen atoms in total. The highest BCUT2D eigenvalue weighted by atomic mass is 16.1. The number of anilines is 1. The average molecular weight is 349 g/mol.